The Morgan fingerprint density at radius 3 is 2.00 bits per heavy atom. The van der Waals surface area contributed by atoms with Crippen LogP contribution in [0.3, 0.4) is 0 Å². The summed E-state index contributed by atoms with van der Waals surface area (Å²) in [5.41, 5.74) is 5.56. The molecule has 0 aliphatic rings. The summed E-state index contributed by atoms with van der Waals surface area (Å²) in [6, 6.07) is 5.00. The van der Waals surface area contributed by atoms with E-state index < -0.39 is 5.54 Å². The lowest BCUT2D eigenvalue weighted by molar-refractivity contribution is 0.0919. The molecule has 1 rings (SSSR count). The SMILES string of the molecule is CCC(CC)(NC(=O)c1cc(OC)cc(OC)c1)C(N)=S. The van der Waals surface area contributed by atoms with Crippen molar-refractivity contribution in [3.05, 3.63) is 23.8 Å². The third kappa shape index (κ3) is 3.85. The number of benzene rings is 1. The first kappa shape index (κ1) is 17.2. The minimum absolute atomic E-state index is 0.260. The van der Waals surface area contributed by atoms with E-state index in [2.05, 4.69) is 5.32 Å². The highest BCUT2D eigenvalue weighted by Crippen LogP contribution is 2.24. The van der Waals surface area contributed by atoms with Gasteiger partial charge in [-0.05, 0) is 25.0 Å². The van der Waals surface area contributed by atoms with Crippen LogP contribution in [-0.2, 0) is 0 Å². The predicted molar refractivity (Wildman–Crippen MR) is 87.1 cm³/mol. The fourth-order valence-corrected chi connectivity index (χ4v) is 2.40. The van der Waals surface area contributed by atoms with Gasteiger partial charge in [-0.15, -0.1) is 0 Å². The lowest BCUT2D eigenvalue weighted by Crippen LogP contribution is -2.55. The van der Waals surface area contributed by atoms with Crippen LogP contribution in [0.4, 0.5) is 0 Å². The van der Waals surface area contributed by atoms with Crippen molar-refractivity contribution in [3.8, 4) is 11.5 Å². The maximum absolute atomic E-state index is 12.5. The molecule has 6 heteroatoms. The first-order valence-corrected chi connectivity index (χ1v) is 7.18. The zero-order valence-corrected chi connectivity index (χ0v) is 13.7. The van der Waals surface area contributed by atoms with Gasteiger partial charge in [-0.2, -0.15) is 0 Å². The van der Waals surface area contributed by atoms with E-state index in [1.807, 2.05) is 13.8 Å². The number of methoxy groups -OCH3 is 2. The molecule has 1 aromatic rings. The maximum Gasteiger partial charge on any atom is 0.252 e. The van der Waals surface area contributed by atoms with Gasteiger partial charge in [0.15, 0.2) is 0 Å². The highest BCUT2D eigenvalue weighted by Gasteiger charge is 2.31. The molecule has 1 aromatic carbocycles. The molecule has 0 saturated carbocycles. The predicted octanol–water partition coefficient (Wildman–Crippen LogP) is 2.28. The number of nitrogens with one attached hydrogen (secondary N) is 1. The normalized spacial score (nSPS) is 10.9. The second-order valence-electron chi connectivity index (χ2n) is 4.71. The minimum Gasteiger partial charge on any atom is -0.497 e. The van der Waals surface area contributed by atoms with Crippen molar-refractivity contribution >= 4 is 23.1 Å². The molecule has 116 valence electrons. The summed E-state index contributed by atoms with van der Waals surface area (Å²) >= 11 is 5.11. The van der Waals surface area contributed by atoms with Gasteiger partial charge in [0.05, 0.1) is 24.7 Å². The zero-order chi connectivity index (χ0) is 16.0. The van der Waals surface area contributed by atoms with Crippen LogP contribution in [0.2, 0.25) is 0 Å². The molecule has 0 saturated heterocycles. The summed E-state index contributed by atoms with van der Waals surface area (Å²) in [6.07, 6.45) is 1.26. The number of carbonyl (C=O) groups excluding carboxylic acids is 1. The lowest BCUT2D eigenvalue weighted by Gasteiger charge is -2.31. The number of thiocarbonyl (C=S) groups is 1. The van der Waals surface area contributed by atoms with Crippen molar-refractivity contribution in [3.63, 3.8) is 0 Å². The van der Waals surface area contributed by atoms with Crippen LogP contribution < -0.4 is 20.5 Å². The smallest absolute Gasteiger partial charge is 0.252 e. The lowest BCUT2D eigenvalue weighted by atomic mass is 9.92. The highest BCUT2D eigenvalue weighted by molar-refractivity contribution is 7.80. The van der Waals surface area contributed by atoms with E-state index in [0.717, 1.165) is 0 Å². The summed E-state index contributed by atoms with van der Waals surface area (Å²) in [7, 11) is 3.07. The van der Waals surface area contributed by atoms with E-state index in [-0.39, 0.29) is 10.9 Å². The third-order valence-electron chi connectivity index (χ3n) is 3.65. The van der Waals surface area contributed by atoms with Gasteiger partial charge in [-0.1, -0.05) is 26.1 Å². The average Bonchev–Trinajstić information content (AvgIpc) is 2.51. The number of amides is 1. The Bertz CT molecular complexity index is 505. The largest absolute Gasteiger partial charge is 0.497 e. The van der Waals surface area contributed by atoms with Gasteiger partial charge >= 0.3 is 0 Å². The molecule has 0 bridgehead atoms. The Hall–Kier alpha value is -1.82. The van der Waals surface area contributed by atoms with Crippen LogP contribution in [0.15, 0.2) is 18.2 Å². The molecule has 0 radical (unpaired) electrons. The monoisotopic (exact) mass is 310 g/mol. The molecular weight excluding hydrogens is 288 g/mol. The molecule has 0 aliphatic heterocycles. The molecule has 0 spiro atoms. The molecule has 0 unspecified atom stereocenters. The summed E-state index contributed by atoms with van der Waals surface area (Å²) in [4.78, 5) is 12.8. The Kier molecular flexibility index (Phi) is 5.96. The molecule has 3 N–H and O–H groups in total. The fraction of sp³-hybridized carbons (Fsp3) is 0.467. The van der Waals surface area contributed by atoms with Crippen molar-refractivity contribution in [2.45, 2.75) is 32.2 Å². The van der Waals surface area contributed by atoms with Gasteiger partial charge in [0.25, 0.3) is 5.91 Å². The molecule has 0 aromatic heterocycles. The molecule has 0 fully saturated rings. The molecule has 0 aliphatic carbocycles. The van der Waals surface area contributed by atoms with Gasteiger partial charge in [0.1, 0.15) is 11.5 Å². The topological polar surface area (TPSA) is 73.6 Å². The molecular formula is C15H22N2O3S. The Morgan fingerprint density at radius 1 is 1.19 bits per heavy atom. The van der Waals surface area contributed by atoms with Gasteiger partial charge in [0.2, 0.25) is 0 Å². The van der Waals surface area contributed by atoms with Gasteiger partial charge < -0.3 is 20.5 Å². The Labute approximate surface area is 130 Å². The fourth-order valence-electron chi connectivity index (χ4n) is 2.06. The van der Waals surface area contributed by atoms with Crippen LogP contribution in [0.5, 0.6) is 11.5 Å². The number of rotatable bonds is 7. The summed E-state index contributed by atoms with van der Waals surface area (Å²) < 4.78 is 10.3. The maximum atomic E-state index is 12.5. The molecule has 21 heavy (non-hydrogen) atoms. The molecule has 5 nitrogen and oxygen atoms in total. The van der Waals surface area contributed by atoms with Gasteiger partial charge in [-0.25, -0.2) is 0 Å². The van der Waals surface area contributed by atoms with Crippen LogP contribution in [0.25, 0.3) is 0 Å². The highest BCUT2D eigenvalue weighted by atomic mass is 32.1. The van der Waals surface area contributed by atoms with Crippen molar-refractivity contribution < 1.29 is 14.3 Å². The van der Waals surface area contributed by atoms with E-state index in [0.29, 0.717) is 29.9 Å². The Morgan fingerprint density at radius 2 is 1.67 bits per heavy atom. The molecule has 1 amide bonds. The standard InChI is InChI=1S/C15H22N2O3S/c1-5-15(6-2,14(16)21)17-13(18)10-7-11(19-3)9-12(8-10)20-4/h7-9H,5-6H2,1-4H3,(H2,16,21)(H,17,18). The van der Waals surface area contributed by atoms with Crippen LogP contribution >= 0.6 is 12.2 Å². The van der Waals surface area contributed by atoms with E-state index in [1.54, 1.807) is 18.2 Å². The number of hydrogen-bond acceptors (Lipinski definition) is 4. The first-order chi connectivity index (χ1) is 9.92. The second kappa shape index (κ2) is 7.26. The Balaban J connectivity index is 3.10. The van der Waals surface area contributed by atoms with E-state index in [9.17, 15) is 4.79 Å². The van der Waals surface area contributed by atoms with E-state index in [1.165, 1.54) is 14.2 Å². The van der Waals surface area contributed by atoms with E-state index in [4.69, 9.17) is 27.4 Å². The minimum atomic E-state index is -0.678. The van der Waals surface area contributed by atoms with Crippen LogP contribution in [0.1, 0.15) is 37.0 Å². The number of hydrogen-bond donors (Lipinski definition) is 2. The number of nitrogens with two attached hydrogens (primary N) is 1. The summed E-state index contributed by atoms with van der Waals surface area (Å²) in [5.74, 6) is 0.838. The third-order valence-corrected chi connectivity index (χ3v) is 4.04. The van der Waals surface area contributed by atoms with Gasteiger partial charge in [-0.3, -0.25) is 4.79 Å². The van der Waals surface area contributed by atoms with Crippen LogP contribution in [0, 0.1) is 0 Å². The van der Waals surface area contributed by atoms with Crippen molar-refractivity contribution in [1.29, 1.82) is 0 Å². The van der Waals surface area contributed by atoms with Crippen molar-refractivity contribution in [2.75, 3.05) is 14.2 Å². The molecule has 0 heterocycles. The number of carbonyl (C=O) groups is 1. The second-order valence-corrected chi connectivity index (χ2v) is 5.15. The average molecular weight is 310 g/mol. The zero-order valence-electron chi connectivity index (χ0n) is 12.9. The van der Waals surface area contributed by atoms with Crippen molar-refractivity contribution in [2.24, 2.45) is 5.73 Å². The van der Waals surface area contributed by atoms with E-state index >= 15 is 0 Å². The molecule has 0 atom stereocenters. The summed E-state index contributed by atoms with van der Waals surface area (Å²) in [5, 5.41) is 2.93. The number of ether oxygens (including phenoxy) is 2. The first-order valence-electron chi connectivity index (χ1n) is 6.78. The quantitative estimate of drug-likeness (QED) is 0.756. The van der Waals surface area contributed by atoms with Crippen LogP contribution in [-0.4, -0.2) is 30.7 Å². The van der Waals surface area contributed by atoms with Crippen molar-refractivity contribution in [1.82, 2.24) is 5.32 Å². The van der Waals surface area contributed by atoms with Gasteiger partial charge in [0, 0.05) is 11.6 Å². The summed E-state index contributed by atoms with van der Waals surface area (Å²) in [6.45, 7) is 3.88.